The molecule has 2 amide bonds. The highest BCUT2D eigenvalue weighted by Crippen LogP contribution is 2.36. The zero-order valence-electron chi connectivity index (χ0n) is 29.7. The first kappa shape index (κ1) is 29.3. The van der Waals surface area contributed by atoms with Crippen LogP contribution in [0.2, 0.25) is 0 Å². The Balaban J connectivity index is 0.837. The smallest absolute Gasteiger partial charge is 0.255 e. The molecule has 3 atom stereocenters. The second-order valence-corrected chi connectivity index (χ2v) is 13.4. The van der Waals surface area contributed by atoms with Crippen molar-refractivity contribution in [2.45, 2.75) is 76.2 Å². The number of rotatable bonds is 10. The van der Waals surface area contributed by atoms with E-state index in [4.69, 9.17) is 12.2 Å². The van der Waals surface area contributed by atoms with Crippen LogP contribution in [0.15, 0.2) is 91.4 Å². The Hall–Kier alpha value is -5.62. The molecule has 12 nitrogen and oxygen atoms in total. The third kappa shape index (κ3) is 6.53. The highest BCUT2D eigenvalue weighted by molar-refractivity contribution is 6.00. The average Bonchev–Trinajstić information content (AvgIpc) is 3.75. The third-order valence-corrected chi connectivity index (χ3v) is 9.62. The number of imide groups is 1. The first-order valence-corrected chi connectivity index (χ1v) is 16.7. The molecule has 3 unspecified atom stereocenters. The van der Waals surface area contributed by atoms with E-state index in [0.717, 1.165) is 46.5 Å². The van der Waals surface area contributed by atoms with Gasteiger partial charge in [0.05, 0.1) is 18.4 Å². The van der Waals surface area contributed by atoms with Crippen LogP contribution in [-0.4, -0.2) is 59.9 Å². The van der Waals surface area contributed by atoms with Crippen LogP contribution in [-0.2, 0) is 28.0 Å². The highest BCUT2D eigenvalue weighted by Gasteiger charge is 2.35. The lowest BCUT2D eigenvalue weighted by Crippen LogP contribution is -2.50. The fraction of sp³-hybridized carbons (Fsp3) is 0.316. The minimum absolute atomic E-state index is 0.0880. The number of hydrogen-bond acceptors (Lipinski definition) is 10. The average molecular weight is 673 g/mol. The Labute approximate surface area is 292 Å². The molecule has 1 saturated heterocycles. The molecule has 5 aromatic rings. The lowest BCUT2D eigenvalue weighted by molar-refractivity contribution is -0.137. The predicted octanol–water partition coefficient (Wildman–Crippen LogP) is 5.32. The van der Waals surface area contributed by atoms with E-state index in [1.54, 1.807) is 29.6 Å². The van der Waals surface area contributed by atoms with Gasteiger partial charge in [-0.3, -0.25) is 19.8 Å². The molecule has 12 heteroatoms. The maximum atomic E-state index is 12.5. The number of amides is 2. The standard InChI is InChI=1S/C38H38N8O4/c1-38(2,27-6-11-31(12-7-27)50-35-15-16-39-37(43-35)46-18-17-40-44-46)26-4-9-30(10-5-26)49-32-20-29(21-32)41-28-8-3-24-22-45(23-25(24)19-28)33-13-14-34(47)42-36(33)48/h3-12,15-19,29,32-33,41H,13-14,20-23H2,1-2H3,(H,42,47,48)/i22D,23D. The van der Waals surface area contributed by atoms with E-state index in [2.05, 4.69) is 69.0 Å². The van der Waals surface area contributed by atoms with Crippen LogP contribution < -0.4 is 20.1 Å². The first-order valence-electron chi connectivity index (χ1n) is 17.9. The van der Waals surface area contributed by atoms with Gasteiger partial charge in [0.2, 0.25) is 17.7 Å². The predicted molar refractivity (Wildman–Crippen MR) is 185 cm³/mol. The fourth-order valence-corrected chi connectivity index (χ4v) is 6.60. The lowest BCUT2D eigenvalue weighted by atomic mass is 9.78. The number of carbonyl (C=O) groups is 2. The largest absolute Gasteiger partial charge is 0.490 e. The van der Waals surface area contributed by atoms with Gasteiger partial charge in [0.25, 0.3) is 5.95 Å². The molecule has 0 bridgehead atoms. The van der Waals surface area contributed by atoms with Crippen molar-refractivity contribution in [2.24, 2.45) is 0 Å². The number of aromatic nitrogens is 5. The van der Waals surface area contributed by atoms with Crippen LogP contribution in [0.5, 0.6) is 17.4 Å². The molecule has 0 radical (unpaired) electrons. The zero-order valence-corrected chi connectivity index (χ0v) is 27.7. The molecule has 50 heavy (non-hydrogen) atoms. The lowest BCUT2D eigenvalue weighted by Gasteiger charge is -2.36. The molecule has 1 aliphatic carbocycles. The van der Waals surface area contributed by atoms with Crippen molar-refractivity contribution in [1.82, 2.24) is 35.2 Å². The van der Waals surface area contributed by atoms with Gasteiger partial charge < -0.3 is 14.8 Å². The van der Waals surface area contributed by atoms with Gasteiger partial charge in [0.1, 0.15) is 17.6 Å². The molecule has 2 aliphatic heterocycles. The van der Waals surface area contributed by atoms with E-state index in [1.807, 2.05) is 42.5 Å². The fourth-order valence-electron chi connectivity index (χ4n) is 6.60. The topological polar surface area (TPSA) is 136 Å². The van der Waals surface area contributed by atoms with Gasteiger partial charge in [-0.25, -0.2) is 4.98 Å². The minimum atomic E-state index is -0.849. The normalized spacial score (nSPS) is 24.0. The molecular formula is C38H38N8O4. The molecule has 0 spiro atoms. The number of benzene rings is 3. The Morgan fingerprint density at radius 1 is 0.920 bits per heavy atom. The molecule has 3 aromatic carbocycles. The van der Waals surface area contributed by atoms with Crippen LogP contribution >= 0.6 is 0 Å². The molecule has 4 heterocycles. The summed E-state index contributed by atoms with van der Waals surface area (Å²) in [6.45, 7) is 2.70. The summed E-state index contributed by atoms with van der Waals surface area (Å²) in [4.78, 5) is 34.3. The number of hydrogen-bond donors (Lipinski definition) is 2. The van der Waals surface area contributed by atoms with E-state index >= 15 is 0 Å². The molecule has 2 N–H and O–H groups in total. The Bertz CT molecular complexity index is 2090. The number of nitrogens with zero attached hydrogens (tertiary/aromatic N) is 6. The second kappa shape index (κ2) is 13.0. The van der Waals surface area contributed by atoms with Gasteiger partial charge in [-0.2, -0.15) is 9.67 Å². The minimum Gasteiger partial charge on any atom is -0.490 e. The van der Waals surface area contributed by atoms with Crippen molar-refractivity contribution in [3.05, 3.63) is 114 Å². The number of anilines is 1. The van der Waals surface area contributed by atoms with Crippen LogP contribution in [0.25, 0.3) is 5.95 Å². The highest BCUT2D eigenvalue weighted by atomic mass is 16.5. The number of ether oxygens (including phenoxy) is 2. The van der Waals surface area contributed by atoms with Gasteiger partial charge in [-0.15, -0.1) is 5.10 Å². The van der Waals surface area contributed by atoms with Crippen molar-refractivity contribution in [3.8, 4) is 23.3 Å². The van der Waals surface area contributed by atoms with Crippen molar-refractivity contribution in [3.63, 3.8) is 0 Å². The van der Waals surface area contributed by atoms with E-state index in [-0.39, 0.29) is 29.9 Å². The van der Waals surface area contributed by atoms with Crippen LogP contribution in [0, 0.1) is 0 Å². The van der Waals surface area contributed by atoms with Crippen molar-refractivity contribution in [2.75, 3.05) is 5.32 Å². The van der Waals surface area contributed by atoms with Gasteiger partial charge in [0.15, 0.2) is 0 Å². The molecule has 1 saturated carbocycles. The van der Waals surface area contributed by atoms with E-state index in [9.17, 15) is 9.59 Å². The maximum Gasteiger partial charge on any atom is 0.255 e. The summed E-state index contributed by atoms with van der Waals surface area (Å²) < 4.78 is 31.3. The Morgan fingerprint density at radius 3 is 2.38 bits per heavy atom. The maximum absolute atomic E-state index is 12.5. The van der Waals surface area contributed by atoms with E-state index in [1.165, 1.54) is 4.68 Å². The molecule has 2 fully saturated rings. The first-order chi connectivity index (χ1) is 25.1. The summed E-state index contributed by atoms with van der Waals surface area (Å²) in [5.74, 6) is 1.54. The molecule has 3 aliphatic rings. The molecule has 8 rings (SSSR count). The van der Waals surface area contributed by atoms with Crippen molar-refractivity contribution < 1.29 is 21.8 Å². The quantitative estimate of drug-likeness (QED) is 0.188. The number of nitrogens with one attached hydrogen (secondary N) is 2. The van der Waals surface area contributed by atoms with Crippen LogP contribution in [0.1, 0.15) is 64.5 Å². The number of fused-ring (bicyclic) bond motifs is 1. The summed E-state index contributed by atoms with van der Waals surface area (Å²) in [6.07, 6.45) is 7.15. The third-order valence-electron chi connectivity index (χ3n) is 9.62. The van der Waals surface area contributed by atoms with Gasteiger partial charge >= 0.3 is 0 Å². The monoisotopic (exact) mass is 672 g/mol. The number of piperidine rings is 1. The summed E-state index contributed by atoms with van der Waals surface area (Å²) >= 11 is 0. The van der Waals surface area contributed by atoms with Crippen molar-refractivity contribution >= 4 is 17.5 Å². The van der Waals surface area contributed by atoms with E-state index < -0.39 is 25.0 Å². The van der Waals surface area contributed by atoms with Crippen molar-refractivity contribution in [1.29, 1.82) is 0 Å². The summed E-state index contributed by atoms with van der Waals surface area (Å²) in [6, 6.07) is 23.2. The summed E-state index contributed by atoms with van der Waals surface area (Å²) in [5, 5.41) is 13.6. The van der Waals surface area contributed by atoms with Gasteiger partial charge in [-0.05, 0) is 65.1 Å². The zero-order chi connectivity index (χ0) is 36.0. The molecular weight excluding hydrogens is 632 g/mol. The van der Waals surface area contributed by atoms with Gasteiger partial charge in [-0.1, -0.05) is 49.4 Å². The molecule has 2 aromatic heterocycles. The van der Waals surface area contributed by atoms with Gasteiger partial charge in [0, 0.05) is 64.5 Å². The Kier molecular flexibility index (Phi) is 7.63. The van der Waals surface area contributed by atoms with Crippen LogP contribution in [0.4, 0.5) is 5.69 Å². The van der Waals surface area contributed by atoms with E-state index in [0.29, 0.717) is 24.0 Å². The number of carbonyl (C=O) groups excluding carboxylic acids is 2. The van der Waals surface area contributed by atoms with Crippen LogP contribution in [0.3, 0.4) is 0 Å². The SMILES string of the molecule is [2H]C1c2ccc(NC3CC(Oc4ccc(C(C)(C)c5ccc(Oc6ccnc(-n7ccnn7)n6)cc5)cc4)C3)cc2C([2H])N1C1CCC(=O)NC1=O. The molecule has 254 valence electrons. The summed E-state index contributed by atoms with van der Waals surface area (Å²) in [7, 11) is 0. The Morgan fingerprint density at radius 2 is 1.66 bits per heavy atom. The second-order valence-electron chi connectivity index (χ2n) is 13.4. The summed E-state index contributed by atoms with van der Waals surface area (Å²) in [5.41, 5.74) is 4.36.